The van der Waals surface area contributed by atoms with E-state index in [1.807, 2.05) is 0 Å². The van der Waals surface area contributed by atoms with Crippen molar-refractivity contribution in [1.82, 2.24) is 5.32 Å². The summed E-state index contributed by atoms with van der Waals surface area (Å²) in [6.45, 7) is 9.48. The molecular weight excluding hydrogens is 509 g/mol. The topological polar surface area (TPSA) is 64.6 Å². The highest BCUT2D eigenvalue weighted by Crippen LogP contribution is 2.40. The van der Waals surface area contributed by atoms with Crippen molar-refractivity contribution >= 4 is 12.1 Å². The second kappa shape index (κ2) is 12.4. The highest BCUT2D eigenvalue weighted by atomic mass is 19.4. The fourth-order valence-electron chi connectivity index (χ4n) is 3.96. The SMILES string of the molecule is CC=CCc1cc(F)cc(C)c1-c1cc([C@H](CC(=O)OCC)NC(=O)OC(C)(C)C)c(F)c(C(F)(F)F)c1. The smallest absolute Gasteiger partial charge is 0.419 e. The lowest BCUT2D eigenvalue weighted by Gasteiger charge is -2.25. The van der Waals surface area contributed by atoms with E-state index in [1.54, 1.807) is 39.8 Å². The van der Waals surface area contributed by atoms with Gasteiger partial charge in [-0.3, -0.25) is 4.79 Å². The number of hydrogen-bond donors (Lipinski definition) is 1. The van der Waals surface area contributed by atoms with Gasteiger partial charge in [0.15, 0.2) is 0 Å². The summed E-state index contributed by atoms with van der Waals surface area (Å²) in [6.07, 6.45) is -3.19. The van der Waals surface area contributed by atoms with Gasteiger partial charge in [0.2, 0.25) is 0 Å². The van der Waals surface area contributed by atoms with Gasteiger partial charge in [0.05, 0.1) is 24.6 Å². The maximum atomic E-state index is 15.5. The Morgan fingerprint density at radius 1 is 1.08 bits per heavy atom. The van der Waals surface area contributed by atoms with Crippen LogP contribution in [0.5, 0.6) is 0 Å². The van der Waals surface area contributed by atoms with Crippen molar-refractivity contribution in [3.05, 3.63) is 70.3 Å². The van der Waals surface area contributed by atoms with Crippen LogP contribution in [0.2, 0.25) is 0 Å². The van der Waals surface area contributed by atoms with Crippen molar-refractivity contribution in [2.24, 2.45) is 0 Å². The lowest BCUT2D eigenvalue weighted by molar-refractivity contribution is -0.143. The van der Waals surface area contributed by atoms with Crippen LogP contribution in [0.1, 0.15) is 69.3 Å². The minimum absolute atomic E-state index is 0.0304. The molecule has 5 nitrogen and oxygen atoms in total. The molecular formula is C28H32F5NO4. The number of esters is 1. The fourth-order valence-corrected chi connectivity index (χ4v) is 3.96. The maximum Gasteiger partial charge on any atom is 0.419 e. The summed E-state index contributed by atoms with van der Waals surface area (Å²) < 4.78 is 81.8. The summed E-state index contributed by atoms with van der Waals surface area (Å²) in [5.41, 5.74) is -2.21. The quantitative estimate of drug-likeness (QED) is 0.212. The van der Waals surface area contributed by atoms with E-state index in [-0.39, 0.29) is 24.2 Å². The van der Waals surface area contributed by atoms with E-state index < -0.39 is 59.1 Å². The molecule has 1 atom stereocenters. The number of benzene rings is 2. The molecule has 38 heavy (non-hydrogen) atoms. The predicted molar refractivity (Wildman–Crippen MR) is 133 cm³/mol. The monoisotopic (exact) mass is 541 g/mol. The van der Waals surface area contributed by atoms with Crippen molar-refractivity contribution in [1.29, 1.82) is 0 Å². The van der Waals surface area contributed by atoms with E-state index in [0.717, 1.165) is 6.07 Å². The number of allylic oxidation sites excluding steroid dienone is 2. The molecule has 0 heterocycles. The molecule has 0 saturated heterocycles. The van der Waals surface area contributed by atoms with Crippen LogP contribution in [0.15, 0.2) is 36.4 Å². The van der Waals surface area contributed by atoms with Crippen LogP contribution >= 0.6 is 0 Å². The molecule has 1 N–H and O–H groups in total. The summed E-state index contributed by atoms with van der Waals surface area (Å²) in [6, 6.07) is 2.59. The molecule has 0 saturated carbocycles. The van der Waals surface area contributed by atoms with E-state index in [9.17, 15) is 27.2 Å². The van der Waals surface area contributed by atoms with Crippen LogP contribution in [0.3, 0.4) is 0 Å². The minimum Gasteiger partial charge on any atom is -0.466 e. The van der Waals surface area contributed by atoms with Crippen molar-refractivity contribution in [3.8, 4) is 11.1 Å². The van der Waals surface area contributed by atoms with E-state index in [4.69, 9.17) is 9.47 Å². The molecule has 2 aromatic carbocycles. The van der Waals surface area contributed by atoms with Crippen LogP contribution in [-0.4, -0.2) is 24.3 Å². The first-order chi connectivity index (χ1) is 17.6. The van der Waals surface area contributed by atoms with Gasteiger partial charge in [0, 0.05) is 5.56 Å². The fraction of sp³-hybridized carbons (Fsp3) is 0.429. The minimum atomic E-state index is -5.10. The number of aryl methyl sites for hydroxylation is 1. The van der Waals surface area contributed by atoms with Gasteiger partial charge in [-0.2, -0.15) is 13.2 Å². The Morgan fingerprint density at radius 3 is 2.29 bits per heavy atom. The number of hydrogen-bond acceptors (Lipinski definition) is 4. The standard InChI is InChI=1S/C28H32F5NO4/c1-7-9-10-17-12-19(29)11-16(3)24(17)18-13-20(25(30)21(14-18)28(31,32)33)22(15-23(35)37-8-2)34-26(36)38-27(4,5)6/h7,9,11-14,22H,8,10,15H2,1-6H3,(H,34,36)/t22-/m0/s1. The second-order valence-corrected chi connectivity index (χ2v) is 9.66. The summed E-state index contributed by atoms with van der Waals surface area (Å²) in [5.74, 6) is -3.09. The van der Waals surface area contributed by atoms with Crippen molar-refractivity contribution in [3.63, 3.8) is 0 Å². The van der Waals surface area contributed by atoms with E-state index in [0.29, 0.717) is 17.2 Å². The Morgan fingerprint density at radius 2 is 1.74 bits per heavy atom. The third kappa shape index (κ3) is 8.29. The summed E-state index contributed by atoms with van der Waals surface area (Å²) >= 11 is 0. The summed E-state index contributed by atoms with van der Waals surface area (Å²) in [4.78, 5) is 24.8. The highest BCUT2D eigenvalue weighted by Gasteiger charge is 2.38. The molecule has 0 unspecified atom stereocenters. The normalized spacial score (nSPS) is 12.9. The highest BCUT2D eigenvalue weighted by molar-refractivity contribution is 5.76. The van der Waals surface area contributed by atoms with Gasteiger partial charge in [-0.05, 0) is 94.5 Å². The van der Waals surface area contributed by atoms with Gasteiger partial charge < -0.3 is 14.8 Å². The number of amides is 1. The van der Waals surface area contributed by atoms with Gasteiger partial charge in [-0.15, -0.1) is 0 Å². The average Bonchev–Trinajstić information content (AvgIpc) is 2.75. The van der Waals surface area contributed by atoms with Crippen molar-refractivity contribution in [2.75, 3.05) is 6.61 Å². The number of nitrogens with one attached hydrogen (secondary N) is 1. The molecule has 1 amide bonds. The van der Waals surface area contributed by atoms with E-state index in [2.05, 4.69) is 5.32 Å². The average molecular weight is 542 g/mol. The Hall–Kier alpha value is -3.43. The Balaban J connectivity index is 2.82. The van der Waals surface area contributed by atoms with Gasteiger partial charge in [0.25, 0.3) is 0 Å². The molecule has 0 fully saturated rings. The van der Waals surface area contributed by atoms with Crippen molar-refractivity contribution < 1.29 is 41.0 Å². The van der Waals surface area contributed by atoms with Gasteiger partial charge >= 0.3 is 18.2 Å². The summed E-state index contributed by atoms with van der Waals surface area (Å²) in [7, 11) is 0. The number of rotatable bonds is 8. The molecule has 0 aromatic heterocycles. The molecule has 0 spiro atoms. The third-order valence-corrected chi connectivity index (χ3v) is 5.39. The molecule has 0 aliphatic rings. The zero-order valence-corrected chi connectivity index (χ0v) is 22.2. The van der Waals surface area contributed by atoms with E-state index in [1.165, 1.54) is 26.0 Å². The first-order valence-electron chi connectivity index (χ1n) is 12.0. The molecule has 2 aromatic rings. The maximum absolute atomic E-state index is 15.5. The molecule has 0 radical (unpaired) electrons. The first-order valence-corrected chi connectivity index (χ1v) is 12.0. The first kappa shape index (κ1) is 30.8. The molecule has 208 valence electrons. The number of carbonyl (C=O) groups excluding carboxylic acids is 2. The molecule has 10 heteroatoms. The summed E-state index contributed by atoms with van der Waals surface area (Å²) in [5, 5.41) is 2.31. The van der Waals surface area contributed by atoms with Crippen molar-refractivity contribution in [2.45, 2.75) is 72.2 Å². The van der Waals surface area contributed by atoms with Crippen LogP contribution in [0.4, 0.5) is 26.7 Å². The van der Waals surface area contributed by atoms with Crippen LogP contribution < -0.4 is 5.32 Å². The number of halogens is 5. The zero-order chi connectivity index (χ0) is 28.8. The zero-order valence-electron chi connectivity index (χ0n) is 22.2. The lowest BCUT2D eigenvalue weighted by Crippen LogP contribution is -2.36. The van der Waals surface area contributed by atoms with E-state index >= 15 is 4.39 Å². The number of ether oxygens (including phenoxy) is 2. The van der Waals surface area contributed by atoms with Crippen LogP contribution in [0, 0.1) is 18.6 Å². The van der Waals surface area contributed by atoms with Gasteiger partial charge in [0.1, 0.15) is 17.2 Å². The van der Waals surface area contributed by atoms with Gasteiger partial charge in [-0.25, -0.2) is 13.6 Å². The second-order valence-electron chi connectivity index (χ2n) is 9.66. The number of alkyl halides is 3. The Labute approximate surface area is 219 Å². The van der Waals surface area contributed by atoms with Crippen LogP contribution in [-0.2, 0) is 26.9 Å². The molecule has 0 bridgehead atoms. The largest absolute Gasteiger partial charge is 0.466 e. The molecule has 0 aliphatic carbocycles. The van der Waals surface area contributed by atoms with Gasteiger partial charge in [-0.1, -0.05) is 12.2 Å². The number of carbonyl (C=O) groups is 2. The lowest BCUT2D eigenvalue weighted by atomic mass is 9.88. The predicted octanol–water partition coefficient (Wildman–Crippen LogP) is 7.60. The Kier molecular flexibility index (Phi) is 10.1. The third-order valence-electron chi connectivity index (χ3n) is 5.39. The molecule has 2 rings (SSSR count). The van der Waals surface area contributed by atoms with Crippen LogP contribution in [0.25, 0.3) is 11.1 Å². The number of alkyl carbamates (subject to hydrolysis) is 1. The Bertz CT molecular complexity index is 1200. The molecule has 0 aliphatic heterocycles.